The average molecular weight is 1170 g/mol. The van der Waals surface area contributed by atoms with Crippen molar-refractivity contribution in [3.05, 3.63) is 128 Å². The summed E-state index contributed by atoms with van der Waals surface area (Å²) in [4.78, 5) is 117. The number of nitrogens with one attached hydrogen (secondary N) is 4. The molecule has 0 aliphatic heterocycles. The first-order valence-corrected chi connectivity index (χ1v) is 26.4. The molecule has 4 aromatic carbocycles. The first kappa shape index (κ1) is 68.7. The van der Waals surface area contributed by atoms with Gasteiger partial charge >= 0.3 is 24.4 Å². The lowest BCUT2D eigenvalue weighted by Crippen LogP contribution is -2.38. The van der Waals surface area contributed by atoms with Gasteiger partial charge in [0, 0.05) is 79.3 Å². The fraction of sp³-hybridized carbons (Fsp3) is 0.407. The summed E-state index contributed by atoms with van der Waals surface area (Å²) in [5, 5.41) is 32.1. The smallest absolute Gasteiger partial charge is 0.429 e. The van der Waals surface area contributed by atoms with Gasteiger partial charge in [0.2, 0.25) is 11.8 Å². The molecule has 4 atom stereocenters. The van der Waals surface area contributed by atoms with E-state index in [1.807, 2.05) is 34.6 Å². The summed E-state index contributed by atoms with van der Waals surface area (Å²) in [5.41, 5.74) is 18.1. The van der Waals surface area contributed by atoms with Crippen LogP contribution in [-0.4, -0.2) is 82.1 Å². The molecule has 0 aliphatic carbocycles. The summed E-state index contributed by atoms with van der Waals surface area (Å²) < 4.78 is 20.1. The molecular weight excluding hydrogens is 1100 g/mol. The number of primary amides is 2. The molecule has 25 nitrogen and oxygen atoms in total. The molecule has 0 heterocycles. The van der Waals surface area contributed by atoms with Gasteiger partial charge in [-0.3, -0.25) is 39.4 Å². The van der Waals surface area contributed by atoms with E-state index in [0.717, 1.165) is 0 Å². The van der Waals surface area contributed by atoms with Crippen LogP contribution in [0.2, 0.25) is 0 Å². The fourth-order valence-electron chi connectivity index (χ4n) is 6.99. The van der Waals surface area contributed by atoms with E-state index in [-0.39, 0.29) is 102 Å². The van der Waals surface area contributed by atoms with E-state index in [2.05, 4.69) is 21.3 Å². The zero-order valence-electron chi connectivity index (χ0n) is 45.4. The molecule has 0 spiro atoms. The second-order valence-electron chi connectivity index (χ2n) is 18.7. The lowest BCUT2D eigenvalue weighted by molar-refractivity contribution is -0.385. The molecule has 81 heavy (non-hydrogen) atoms. The topological polar surface area (TPSA) is 386 Å². The highest BCUT2D eigenvalue weighted by molar-refractivity contribution is 6.40. The van der Waals surface area contributed by atoms with Gasteiger partial charge in [0.25, 0.3) is 11.4 Å². The highest BCUT2D eigenvalue weighted by atomic mass is 35.5. The molecule has 0 aliphatic rings. The van der Waals surface area contributed by atoms with E-state index in [0.29, 0.717) is 54.7 Å². The predicted octanol–water partition coefficient (Wildman–Crippen LogP) is 9.24. The maximum absolute atomic E-state index is 13.0. The van der Waals surface area contributed by atoms with Crippen LogP contribution in [-0.2, 0) is 41.9 Å². The molecule has 6 amide bonds. The van der Waals surface area contributed by atoms with Crippen LogP contribution in [0.4, 0.5) is 41.9 Å². The van der Waals surface area contributed by atoms with Gasteiger partial charge in [0.1, 0.15) is 30.5 Å². The quantitative estimate of drug-likeness (QED) is 0.00695. The summed E-state index contributed by atoms with van der Waals surface area (Å²) in [5.74, 6) is -2.04. The van der Waals surface area contributed by atoms with Gasteiger partial charge in [-0.25, -0.2) is 19.2 Å². The first-order valence-electron chi connectivity index (χ1n) is 25.3. The van der Waals surface area contributed by atoms with E-state index in [1.54, 1.807) is 48.5 Å². The molecule has 0 saturated heterocycles. The minimum atomic E-state index is -0.987. The van der Waals surface area contributed by atoms with Gasteiger partial charge in [0.15, 0.2) is 5.78 Å². The highest BCUT2D eigenvalue weighted by Gasteiger charge is 2.28. The number of nitro groups is 2. The summed E-state index contributed by atoms with van der Waals surface area (Å²) in [7, 11) is 0. The molecule has 10 N–H and O–H groups in total. The van der Waals surface area contributed by atoms with Crippen molar-refractivity contribution in [3.63, 3.8) is 0 Å². The Morgan fingerprint density at radius 1 is 0.543 bits per heavy atom. The number of alkyl halides is 2. The maximum atomic E-state index is 13.0. The normalized spacial score (nSPS) is 12.0. The number of anilines is 2. The minimum absolute atomic E-state index is 0.00104. The van der Waals surface area contributed by atoms with Gasteiger partial charge in [-0.15, -0.1) is 23.2 Å². The summed E-state index contributed by atoms with van der Waals surface area (Å²) >= 11 is 9.53. The number of hydrogen-bond acceptors (Lipinski definition) is 17. The fourth-order valence-corrected chi connectivity index (χ4v) is 6.99. The number of carbonyl (C=O) groups is 8. The van der Waals surface area contributed by atoms with Crippen molar-refractivity contribution in [1.29, 1.82) is 0 Å². The van der Waals surface area contributed by atoms with Gasteiger partial charge in [-0.05, 0) is 97.2 Å². The number of nitrogens with two attached hydrogens (primary N) is 3. The number of nitro benzene ring substituents is 2. The van der Waals surface area contributed by atoms with Gasteiger partial charge in [0.05, 0.1) is 21.2 Å². The Hall–Kier alpha value is -8.42. The number of Topliss-reactive ketones (excluding diaryl/α,β-unsaturated/α-hetero) is 2. The van der Waals surface area contributed by atoms with Crippen molar-refractivity contribution < 1.29 is 67.2 Å². The van der Waals surface area contributed by atoms with Crippen LogP contribution in [0, 0.1) is 49.8 Å². The number of amides is 6. The van der Waals surface area contributed by atoms with Gasteiger partial charge in [-0.2, -0.15) is 0 Å². The number of ether oxygens (including phenoxy) is 4. The summed E-state index contributed by atoms with van der Waals surface area (Å²) in [6, 6.07) is 21.1. The lowest BCUT2D eigenvalue weighted by atomic mass is 9.86. The molecule has 4 aromatic rings. The number of non-ortho nitro benzene ring substituents is 2. The van der Waals surface area contributed by atoms with Crippen LogP contribution < -0.4 is 47.9 Å². The van der Waals surface area contributed by atoms with E-state index < -0.39 is 52.1 Å². The molecule has 440 valence electrons. The molecule has 0 bridgehead atoms. The molecule has 4 rings (SSSR count). The molecule has 0 radical (unpaired) electrons. The van der Waals surface area contributed by atoms with Crippen LogP contribution in [0.5, 0.6) is 11.5 Å². The van der Waals surface area contributed by atoms with Crippen molar-refractivity contribution in [2.75, 3.05) is 29.1 Å². The van der Waals surface area contributed by atoms with E-state index in [4.69, 9.17) is 59.4 Å². The zero-order valence-corrected chi connectivity index (χ0v) is 46.9. The number of urea groups is 2. The van der Waals surface area contributed by atoms with Crippen LogP contribution in [0.15, 0.2) is 97.1 Å². The highest BCUT2D eigenvalue weighted by Crippen LogP contribution is 2.24. The van der Waals surface area contributed by atoms with Crippen molar-refractivity contribution in [3.8, 4) is 11.5 Å². The van der Waals surface area contributed by atoms with Crippen LogP contribution in [0.1, 0.15) is 84.3 Å². The second kappa shape index (κ2) is 36.7. The molecule has 0 saturated carbocycles. The Morgan fingerprint density at radius 3 is 1.20 bits per heavy atom. The number of rotatable bonds is 28. The Balaban J connectivity index is 0.000000528. The molecule has 0 fully saturated rings. The van der Waals surface area contributed by atoms with Crippen molar-refractivity contribution in [2.24, 2.45) is 46.8 Å². The molecule has 27 heteroatoms. The Morgan fingerprint density at radius 2 is 0.889 bits per heavy atom. The summed E-state index contributed by atoms with van der Waals surface area (Å²) in [6.07, 6.45) is -0.255. The maximum Gasteiger partial charge on any atom is 0.514 e. The minimum Gasteiger partial charge on any atom is -0.429 e. The van der Waals surface area contributed by atoms with Gasteiger partial charge in [-0.1, -0.05) is 58.9 Å². The number of benzene rings is 4. The van der Waals surface area contributed by atoms with E-state index in [9.17, 15) is 58.6 Å². The average Bonchev–Trinajstić information content (AvgIpc) is 3.42. The van der Waals surface area contributed by atoms with Crippen molar-refractivity contribution in [2.45, 2.75) is 92.4 Å². The van der Waals surface area contributed by atoms with Crippen LogP contribution in [0.25, 0.3) is 0 Å². The summed E-state index contributed by atoms with van der Waals surface area (Å²) in [6.45, 7) is 9.76. The number of carbonyl (C=O) groups excluding carboxylic acids is 8. The zero-order chi connectivity index (χ0) is 60.6. The largest absolute Gasteiger partial charge is 0.514 e. The monoisotopic (exact) mass is 1170 g/mol. The Kier molecular flexibility index (Phi) is 31.1. The van der Waals surface area contributed by atoms with E-state index >= 15 is 0 Å². The number of nitrogens with zero attached hydrogens (tertiary/aromatic N) is 2. The van der Waals surface area contributed by atoms with Crippen LogP contribution >= 0.6 is 23.2 Å². The second-order valence-corrected chi connectivity index (χ2v) is 19.5. The van der Waals surface area contributed by atoms with E-state index in [1.165, 1.54) is 48.5 Å². The van der Waals surface area contributed by atoms with Crippen molar-refractivity contribution >= 4 is 93.7 Å². The number of halogens is 2. The Labute approximate surface area is 477 Å². The molecule has 0 aromatic heterocycles. The predicted molar refractivity (Wildman–Crippen MR) is 301 cm³/mol. The molecular formula is C54H69Cl2N9O16. The number of ketones is 2. The third kappa shape index (κ3) is 27.8. The van der Waals surface area contributed by atoms with Crippen LogP contribution in [0.3, 0.4) is 0 Å². The Bertz CT molecular complexity index is 2520. The lowest BCUT2D eigenvalue weighted by Gasteiger charge is -2.20. The third-order valence-corrected chi connectivity index (χ3v) is 11.9. The third-order valence-electron chi connectivity index (χ3n) is 11.9. The van der Waals surface area contributed by atoms with Gasteiger partial charge < -0.3 is 57.4 Å². The molecule has 2 unspecified atom stereocenters. The standard InChI is InChI=1S/C27H34N4O8.C26H33N5O8.CH2Cl2/c1-17(2)18(3)24(32)15-20(5-4-14-29-26(28)34)25(33)30-21-8-6-19(7-9-21)16-38-27(35)39-23-12-10-22(11-13-23)31(36)37;1-16(2)23(27)22(32)14-18(4-3-13-29-25(28)34)24(33)30-19-7-5-17(6-8-19)15-38-26(35)39-21-11-9-20(10-12-21)31(36)37;2-1-3/h6-13,17-18,20H,4-5,14-16H2,1-3H3,(H,30,33)(H3,28,29,34);5-12,16,18,23H,3-4,13-15,27H2,1-2H3,(H,30,33)(H3,28,29,34);1H2/t18?,20-;18-,23?;/m11./s1. The number of hydrogen-bond donors (Lipinski definition) is 7. The SMILES string of the molecule is CC(C)C(C)C(=O)C[C@@H](CCCNC(N)=O)C(=O)Nc1ccc(COC(=O)Oc2ccc([N+](=O)[O-])cc2)cc1.CC(C)C(N)C(=O)C[C@@H](CCCNC(N)=O)C(=O)Nc1ccc(COC(=O)Oc2ccc([N+](=O)[O-])cc2)cc1.ClCCl. The first-order chi connectivity index (χ1) is 38.3. The van der Waals surface area contributed by atoms with Crippen molar-refractivity contribution in [1.82, 2.24) is 10.6 Å².